The number of carboxylic acid groups (broad SMARTS) is 1. The number of carboxylic acids is 1. The van der Waals surface area contributed by atoms with Crippen LogP contribution in [-0.2, 0) is 11.3 Å². The average molecular weight is 379 g/mol. The summed E-state index contributed by atoms with van der Waals surface area (Å²) in [5.74, 6) is 0.00907. The molecule has 2 fully saturated rings. The number of rotatable bonds is 7. The number of aromatic nitrogens is 1. The molecular formula is C18H29N5O4. The Morgan fingerprint density at radius 3 is 2.59 bits per heavy atom. The summed E-state index contributed by atoms with van der Waals surface area (Å²) < 4.78 is 5.10. The Labute approximate surface area is 159 Å². The van der Waals surface area contributed by atoms with Crippen molar-refractivity contribution in [2.24, 2.45) is 0 Å². The molecule has 0 atom stereocenters. The number of nitrogens with zero attached hydrogens (tertiary/aromatic N) is 4. The van der Waals surface area contributed by atoms with Crippen molar-refractivity contribution in [2.45, 2.75) is 45.3 Å². The third-order valence-corrected chi connectivity index (χ3v) is 5.42. The minimum Gasteiger partial charge on any atom is -0.480 e. The van der Waals surface area contributed by atoms with E-state index >= 15 is 0 Å². The van der Waals surface area contributed by atoms with E-state index in [0.717, 1.165) is 43.9 Å². The lowest BCUT2D eigenvalue weighted by atomic mass is 9.85. The molecule has 1 aromatic rings. The zero-order valence-corrected chi connectivity index (χ0v) is 16.1. The molecule has 2 amide bonds. The molecular weight excluding hydrogens is 350 g/mol. The predicted molar refractivity (Wildman–Crippen MR) is 98.3 cm³/mol. The number of urea groups is 1. The second kappa shape index (κ2) is 8.71. The first-order chi connectivity index (χ1) is 12.9. The van der Waals surface area contributed by atoms with E-state index in [9.17, 15) is 9.59 Å². The number of likely N-dealkylation sites (N-methyl/N-ethyl adjacent to an activating group) is 1. The SMILES string of the molecule is CCN(CC(=O)O)C1CC(NC(=O)N2CCN(Cc3cc(C)on3)CC2)C1. The summed E-state index contributed by atoms with van der Waals surface area (Å²) in [5.41, 5.74) is 0.924. The molecule has 0 spiro atoms. The summed E-state index contributed by atoms with van der Waals surface area (Å²) in [6, 6.07) is 2.31. The summed E-state index contributed by atoms with van der Waals surface area (Å²) in [4.78, 5) is 29.4. The second-order valence-electron chi connectivity index (χ2n) is 7.42. The highest BCUT2D eigenvalue weighted by molar-refractivity contribution is 5.74. The Balaban J connectivity index is 1.36. The Morgan fingerprint density at radius 2 is 2.04 bits per heavy atom. The quantitative estimate of drug-likeness (QED) is 0.721. The molecule has 1 saturated heterocycles. The van der Waals surface area contributed by atoms with Gasteiger partial charge in [-0.25, -0.2) is 4.79 Å². The van der Waals surface area contributed by atoms with Gasteiger partial charge in [0.2, 0.25) is 0 Å². The van der Waals surface area contributed by atoms with Crippen LogP contribution in [-0.4, -0.2) is 88.3 Å². The minimum absolute atomic E-state index is 0.0170. The number of carbonyl (C=O) groups excluding carboxylic acids is 1. The van der Waals surface area contributed by atoms with Crippen LogP contribution in [0.3, 0.4) is 0 Å². The van der Waals surface area contributed by atoms with E-state index in [1.54, 1.807) is 0 Å². The van der Waals surface area contributed by atoms with Gasteiger partial charge in [-0.3, -0.25) is 14.6 Å². The molecule has 1 saturated carbocycles. The van der Waals surface area contributed by atoms with Crippen LogP contribution in [0.4, 0.5) is 4.79 Å². The Morgan fingerprint density at radius 1 is 1.33 bits per heavy atom. The lowest BCUT2D eigenvalue weighted by molar-refractivity contribution is -0.139. The average Bonchev–Trinajstić information content (AvgIpc) is 3.01. The molecule has 150 valence electrons. The van der Waals surface area contributed by atoms with Crippen LogP contribution in [0.15, 0.2) is 10.6 Å². The minimum atomic E-state index is -0.803. The van der Waals surface area contributed by atoms with Gasteiger partial charge in [-0.1, -0.05) is 12.1 Å². The third kappa shape index (κ3) is 5.20. The van der Waals surface area contributed by atoms with E-state index in [2.05, 4.69) is 15.4 Å². The van der Waals surface area contributed by atoms with Crippen LogP contribution in [0, 0.1) is 6.92 Å². The zero-order valence-electron chi connectivity index (χ0n) is 16.1. The molecule has 1 aromatic heterocycles. The van der Waals surface area contributed by atoms with Gasteiger partial charge in [0.1, 0.15) is 5.76 Å². The number of nitrogens with one attached hydrogen (secondary N) is 1. The molecule has 3 rings (SSSR count). The second-order valence-corrected chi connectivity index (χ2v) is 7.42. The summed E-state index contributed by atoms with van der Waals surface area (Å²) in [7, 11) is 0. The third-order valence-electron chi connectivity index (χ3n) is 5.42. The first-order valence-electron chi connectivity index (χ1n) is 9.60. The molecule has 0 unspecified atom stereocenters. The van der Waals surface area contributed by atoms with Gasteiger partial charge in [-0.05, 0) is 26.3 Å². The van der Waals surface area contributed by atoms with Crippen LogP contribution in [0.2, 0.25) is 0 Å². The van der Waals surface area contributed by atoms with Gasteiger partial charge >= 0.3 is 12.0 Å². The van der Waals surface area contributed by atoms with E-state index in [1.165, 1.54) is 0 Å². The highest BCUT2D eigenvalue weighted by Crippen LogP contribution is 2.25. The molecule has 27 heavy (non-hydrogen) atoms. The van der Waals surface area contributed by atoms with Gasteiger partial charge in [-0.15, -0.1) is 0 Å². The van der Waals surface area contributed by atoms with E-state index < -0.39 is 5.97 Å². The molecule has 9 nitrogen and oxygen atoms in total. The molecule has 2 N–H and O–H groups in total. The Hall–Kier alpha value is -2.13. The van der Waals surface area contributed by atoms with Crippen LogP contribution in [0.1, 0.15) is 31.2 Å². The predicted octanol–water partition coefficient (Wildman–Crippen LogP) is 0.748. The first-order valence-corrected chi connectivity index (χ1v) is 9.60. The van der Waals surface area contributed by atoms with Gasteiger partial charge in [0, 0.05) is 50.9 Å². The van der Waals surface area contributed by atoms with Crippen LogP contribution >= 0.6 is 0 Å². The molecule has 0 aromatic carbocycles. The summed E-state index contributed by atoms with van der Waals surface area (Å²) >= 11 is 0. The molecule has 2 heterocycles. The molecule has 1 aliphatic carbocycles. The highest BCUT2D eigenvalue weighted by Gasteiger charge is 2.35. The van der Waals surface area contributed by atoms with Gasteiger partial charge in [-0.2, -0.15) is 0 Å². The largest absolute Gasteiger partial charge is 0.480 e. The van der Waals surface area contributed by atoms with Crippen molar-refractivity contribution in [1.82, 2.24) is 25.2 Å². The Kier molecular flexibility index (Phi) is 6.33. The summed E-state index contributed by atoms with van der Waals surface area (Å²) in [6.45, 7) is 8.38. The number of hydrogen-bond acceptors (Lipinski definition) is 6. The highest BCUT2D eigenvalue weighted by atomic mass is 16.5. The molecule has 0 bridgehead atoms. The Bertz CT molecular complexity index is 650. The van der Waals surface area contributed by atoms with E-state index in [1.807, 2.05) is 29.7 Å². The first kappa shape index (κ1) is 19.6. The number of piperazine rings is 1. The maximum Gasteiger partial charge on any atom is 0.317 e. The zero-order chi connectivity index (χ0) is 19.4. The van der Waals surface area contributed by atoms with Crippen molar-refractivity contribution in [3.63, 3.8) is 0 Å². The van der Waals surface area contributed by atoms with Crippen LogP contribution in [0.5, 0.6) is 0 Å². The van der Waals surface area contributed by atoms with E-state index in [0.29, 0.717) is 19.6 Å². The van der Waals surface area contributed by atoms with Crippen molar-refractivity contribution in [1.29, 1.82) is 0 Å². The number of hydrogen-bond donors (Lipinski definition) is 2. The van der Waals surface area contributed by atoms with Gasteiger partial charge in [0.25, 0.3) is 0 Å². The summed E-state index contributed by atoms with van der Waals surface area (Å²) in [5, 5.41) is 16.1. The number of aryl methyl sites for hydroxylation is 1. The fraction of sp³-hybridized carbons (Fsp3) is 0.722. The molecule has 0 radical (unpaired) electrons. The van der Waals surface area contributed by atoms with Gasteiger partial charge in [0.05, 0.1) is 12.2 Å². The maximum atomic E-state index is 12.5. The molecule has 9 heteroatoms. The van der Waals surface area contributed by atoms with Gasteiger partial charge < -0.3 is 19.8 Å². The van der Waals surface area contributed by atoms with Crippen LogP contribution in [0.25, 0.3) is 0 Å². The summed E-state index contributed by atoms with van der Waals surface area (Å²) in [6.07, 6.45) is 1.64. The van der Waals surface area contributed by atoms with E-state index in [4.69, 9.17) is 9.63 Å². The lowest BCUT2D eigenvalue weighted by Crippen LogP contribution is -2.58. The molecule has 2 aliphatic rings. The number of carbonyl (C=O) groups is 2. The van der Waals surface area contributed by atoms with Crippen molar-refractivity contribution < 1.29 is 19.2 Å². The van der Waals surface area contributed by atoms with Crippen LogP contribution < -0.4 is 5.32 Å². The fourth-order valence-corrected chi connectivity index (χ4v) is 3.77. The number of amides is 2. The standard InChI is InChI=1S/C18H29N5O4/c1-3-22(12-17(24)25)16-9-14(10-16)19-18(26)23-6-4-21(5-7-23)11-15-8-13(2)27-20-15/h8,14,16H,3-7,9-12H2,1-2H3,(H,19,26)(H,24,25). The lowest BCUT2D eigenvalue weighted by Gasteiger charge is -2.43. The van der Waals surface area contributed by atoms with Crippen molar-refractivity contribution in [3.05, 3.63) is 17.5 Å². The smallest absolute Gasteiger partial charge is 0.317 e. The maximum absolute atomic E-state index is 12.5. The molecule has 1 aliphatic heterocycles. The van der Waals surface area contributed by atoms with Gasteiger partial charge in [0.15, 0.2) is 0 Å². The van der Waals surface area contributed by atoms with Crippen molar-refractivity contribution in [2.75, 3.05) is 39.3 Å². The topological polar surface area (TPSA) is 102 Å². The van der Waals surface area contributed by atoms with E-state index in [-0.39, 0.29) is 24.7 Å². The van der Waals surface area contributed by atoms with Crippen molar-refractivity contribution >= 4 is 12.0 Å². The monoisotopic (exact) mass is 379 g/mol. The fourth-order valence-electron chi connectivity index (χ4n) is 3.77. The van der Waals surface area contributed by atoms with Crippen molar-refractivity contribution in [3.8, 4) is 0 Å². The number of aliphatic carboxylic acids is 1. The normalized spacial score (nSPS) is 23.3.